The molecule has 22 heavy (non-hydrogen) atoms. The van der Waals surface area contributed by atoms with E-state index in [1.807, 2.05) is 0 Å². The minimum Gasteiger partial charge on any atom is -0.462 e. The lowest BCUT2D eigenvalue weighted by atomic mass is 10.2. The normalized spacial score (nSPS) is 11.4. The summed E-state index contributed by atoms with van der Waals surface area (Å²) in [6.07, 6.45) is 0.110. The van der Waals surface area contributed by atoms with Crippen LogP contribution in [0, 0.1) is 0 Å². The van der Waals surface area contributed by atoms with Crippen LogP contribution in [0.5, 0.6) is 0 Å². The van der Waals surface area contributed by atoms with Crippen LogP contribution in [0.2, 0.25) is 0 Å². The number of hydrogen-bond donors (Lipinski definition) is 2. The lowest BCUT2D eigenvalue weighted by molar-refractivity contribution is -0.120. The molecule has 2 amide bonds. The summed E-state index contributed by atoms with van der Waals surface area (Å²) in [6.45, 7) is 3.75. The van der Waals surface area contributed by atoms with Crippen LogP contribution in [0.3, 0.4) is 0 Å². The Hall–Kier alpha value is -2.08. The molecule has 0 unspecified atom stereocenters. The number of alkyl halides is 1. The van der Waals surface area contributed by atoms with E-state index < -0.39 is 11.3 Å². The number of hydrogen-bond acceptors (Lipinski definition) is 4. The van der Waals surface area contributed by atoms with Gasteiger partial charge >= 0.3 is 5.97 Å². The Morgan fingerprint density at radius 1 is 1.32 bits per heavy atom. The van der Waals surface area contributed by atoms with Gasteiger partial charge in [0.25, 0.3) is 0 Å². The molecule has 0 aliphatic carbocycles. The molecular formula is C15H19ClN2O4. The molecule has 6 nitrogen and oxygen atoms in total. The molecule has 7 heteroatoms. The molecule has 0 saturated heterocycles. The van der Waals surface area contributed by atoms with Crippen molar-refractivity contribution in [1.29, 1.82) is 0 Å². The lowest BCUT2D eigenvalue weighted by Gasteiger charge is -2.08. The van der Waals surface area contributed by atoms with Gasteiger partial charge in [-0.1, -0.05) is 6.07 Å². The SMILES string of the molecule is CCOC(=O)c1cccc(NC(=O)CCNC(=O)[C@H](C)Cl)c1. The van der Waals surface area contributed by atoms with Crippen LogP contribution in [-0.2, 0) is 14.3 Å². The monoisotopic (exact) mass is 326 g/mol. The van der Waals surface area contributed by atoms with E-state index in [1.165, 1.54) is 6.07 Å². The zero-order chi connectivity index (χ0) is 16.5. The molecule has 0 fully saturated rings. The van der Waals surface area contributed by atoms with Crippen molar-refractivity contribution in [1.82, 2.24) is 5.32 Å². The molecule has 1 rings (SSSR count). The summed E-state index contributed by atoms with van der Waals surface area (Å²) in [5.74, 6) is -1.04. The van der Waals surface area contributed by atoms with Gasteiger partial charge in [0.1, 0.15) is 5.38 Å². The van der Waals surface area contributed by atoms with Gasteiger partial charge in [0, 0.05) is 18.7 Å². The summed E-state index contributed by atoms with van der Waals surface area (Å²) in [5, 5.41) is 4.56. The lowest BCUT2D eigenvalue weighted by Crippen LogP contribution is -2.32. The summed E-state index contributed by atoms with van der Waals surface area (Å²) >= 11 is 5.59. The summed E-state index contributed by atoms with van der Waals surface area (Å²) < 4.78 is 4.89. The molecule has 0 radical (unpaired) electrons. The Kier molecular flexibility index (Phi) is 7.39. The number of anilines is 1. The van der Waals surface area contributed by atoms with Crippen LogP contribution >= 0.6 is 11.6 Å². The zero-order valence-electron chi connectivity index (χ0n) is 12.5. The number of carbonyl (C=O) groups excluding carboxylic acids is 3. The van der Waals surface area contributed by atoms with E-state index in [1.54, 1.807) is 32.0 Å². The number of amides is 2. The second-order valence-corrected chi connectivity index (χ2v) is 5.16. The fraction of sp³-hybridized carbons (Fsp3) is 0.400. The van der Waals surface area contributed by atoms with Crippen LogP contribution in [0.4, 0.5) is 5.69 Å². The van der Waals surface area contributed by atoms with Crippen molar-refractivity contribution >= 4 is 35.1 Å². The molecule has 0 aromatic heterocycles. The van der Waals surface area contributed by atoms with Gasteiger partial charge in [-0.15, -0.1) is 11.6 Å². The number of carbonyl (C=O) groups is 3. The summed E-state index contributed by atoms with van der Waals surface area (Å²) in [6, 6.07) is 6.46. The van der Waals surface area contributed by atoms with Crippen molar-refractivity contribution in [2.45, 2.75) is 25.6 Å². The maximum Gasteiger partial charge on any atom is 0.338 e. The van der Waals surface area contributed by atoms with Gasteiger partial charge in [-0.3, -0.25) is 9.59 Å². The zero-order valence-corrected chi connectivity index (χ0v) is 13.3. The van der Waals surface area contributed by atoms with Gasteiger partial charge in [0.2, 0.25) is 11.8 Å². The van der Waals surface area contributed by atoms with E-state index >= 15 is 0 Å². The first-order valence-electron chi connectivity index (χ1n) is 6.92. The van der Waals surface area contributed by atoms with Crippen LogP contribution in [-0.4, -0.2) is 36.3 Å². The van der Waals surface area contributed by atoms with Crippen LogP contribution in [0.25, 0.3) is 0 Å². The minimum atomic E-state index is -0.635. The van der Waals surface area contributed by atoms with Gasteiger partial charge in [0.05, 0.1) is 12.2 Å². The molecule has 0 bridgehead atoms. The Balaban J connectivity index is 2.49. The second-order valence-electron chi connectivity index (χ2n) is 4.51. The Labute approximate surface area is 134 Å². The van der Waals surface area contributed by atoms with Crippen LogP contribution < -0.4 is 10.6 Å². The van der Waals surface area contributed by atoms with Crippen LogP contribution in [0.15, 0.2) is 24.3 Å². The highest BCUT2D eigenvalue weighted by Gasteiger charge is 2.10. The average Bonchev–Trinajstić information content (AvgIpc) is 2.47. The Bertz CT molecular complexity index is 546. The van der Waals surface area contributed by atoms with Gasteiger partial charge in [-0.2, -0.15) is 0 Å². The number of ether oxygens (including phenoxy) is 1. The molecule has 1 aromatic carbocycles. The molecule has 0 heterocycles. The topological polar surface area (TPSA) is 84.5 Å². The number of rotatable bonds is 7. The van der Waals surface area contributed by atoms with Gasteiger partial charge in [-0.25, -0.2) is 4.79 Å². The van der Waals surface area contributed by atoms with E-state index in [0.717, 1.165) is 0 Å². The van der Waals surface area contributed by atoms with Gasteiger partial charge in [0.15, 0.2) is 0 Å². The molecular weight excluding hydrogens is 308 g/mol. The van der Waals surface area contributed by atoms with Crippen molar-refractivity contribution in [2.75, 3.05) is 18.5 Å². The maximum absolute atomic E-state index is 11.8. The highest BCUT2D eigenvalue weighted by atomic mass is 35.5. The van der Waals surface area contributed by atoms with E-state index in [0.29, 0.717) is 11.3 Å². The molecule has 2 N–H and O–H groups in total. The number of halogens is 1. The standard InChI is InChI=1S/C15H19ClN2O4/c1-3-22-15(21)11-5-4-6-12(9-11)18-13(19)7-8-17-14(20)10(2)16/h4-6,9-10H,3,7-8H2,1-2H3,(H,17,20)(H,18,19)/t10-/m0/s1. The average molecular weight is 327 g/mol. The molecule has 120 valence electrons. The second kappa shape index (κ2) is 9.04. The fourth-order valence-corrected chi connectivity index (χ4v) is 1.68. The molecule has 1 atom stereocenters. The van der Waals surface area contributed by atoms with Gasteiger partial charge in [-0.05, 0) is 32.0 Å². The number of nitrogens with one attached hydrogen (secondary N) is 2. The third-order valence-corrected chi connectivity index (χ3v) is 2.87. The third-order valence-electron chi connectivity index (χ3n) is 2.67. The van der Waals surface area contributed by atoms with E-state index in [9.17, 15) is 14.4 Å². The Morgan fingerprint density at radius 2 is 2.05 bits per heavy atom. The number of esters is 1. The van der Waals surface area contributed by atoms with Crippen molar-refractivity contribution in [3.63, 3.8) is 0 Å². The van der Waals surface area contributed by atoms with E-state index in [2.05, 4.69) is 10.6 Å². The molecule has 0 saturated carbocycles. The predicted molar refractivity (Wildman–Crippen MR) is 84.0 cm³/mol. The van der Waals surface area contributed by atoms with Crippen LogP contribution in [0.1, 0.15) is 30.6 Å². The third kappa shape index (κ3) is 6.13. The van der Waals surface area contributed by atoms with E-state index in [-0.39, 0.29) is 31.4 Å². The predicted octanol–water partition coefficient (Wildman–Crippen LogP) is 1.94. The fourth-order valence-electron chi connectivity index (χ4n) is 1.60. The molecule has 0 spiro atoms. The first-order chi connectivity index (χ1) is 10.4. The summed E-state index contributed by atoms with van der Waals surface area (Å²) in [7, 11) is 0. The van der Waals surface area contributed by atoms with Crippen molar-refractivity contribution < 1.29 is 19.1 Å². The first-order valence-corrected chi connectivity index (χ1v) is 7.36. The highest BCUT2D eigenvalue weighted by Crippen LogP contribution is 2.12. The smallest absolute Gasteiger partial charge is 0.338 e. The quantitative estimate of drug-likeness (QED) is 0.592. The molecule has 0 aliphatic heterocycles. The summed E-state index contributed by atoms with van der Waals surface area (Å²) in [5.41, 5.74) is 0.858. The summed E-state index contributed by atoms with van der Waals surface area (Å²) in [4.78, 5) is 34.6. The van der Waals surface area contributed by atoms with Gasteiger partial charge < -0.3 is 15.4 Å². The van der Waals surface area contributed by atoms with Crippen molar-refractivity contribution in [2.24, 2.45) is 0 Å². The largest absolute Gasteiger partial charge is 0.462 e. The minimum absolute atomic E-state index is 0.110. The molecule has 0 aliphatic rings. The molecule has 1 aromatic rings. The Morgan fingerprint density at radius 3 is 2.68 bits per heavy atom. The number of benzene rings is 1. The van der Waals surface area contributed by atoms with E-state index in [4.69, 9.17) is 16.3 Å². The van der Waals surface area contributed by atoms with Crippen molar-refractivity contribution in [3.8, 4) is 0 Å². The highest BCUT2D eigenvalue weighted by molar-refractivity contribution is 6.30. The van der Waals surface area contributed by atoms with Crippen molar-refractivity contribution in [3.05, 3.63) is 29.8 Å². The maximum atomic E-state index is 11.8. The first kappa shape index (κ1) is 18.0.